The molecule has 0 aliphatic heterocycles. The van der Waals surface area contributed by atoms with Crippen LogP contribution in [0.15, 0.2) is 72.0 Å². The third kappa shape index (κ3) is 3.00. The second-order valence-corrected chi connectivity index (χ2v) is 8.62. The van der Waals surface area contributed by atoms with Crippen molar-refractivity contribution in [2.75, 3.05) is 0 Å². The lowest BCUT2D eigenvalue weighted by molar-refractivity contribution is 1.21. The van der Waals surface area contributed by atoms with E-state index in [1.54, 1.807) is 36.1 Å². The summed E-state index contributed by atoms with van der Waals surface area (Å²) in [5, 5.41) is 1.93. The minimum atomic E-state index is -0.176. The quantitative estimate of drug-likeness (QED) is 0.408. The van der Waals surface area contributed by atoms with Gasteiger partial charge < -0.3 is 9.97 Å². The van der Waals surface area contributed by atoms with Gasteiger partial charge in [0, 0.05) is 35.7 Å². The van der Waals surface area contributed by atoms with E-state index >= 15 is 0 Å². The molecule has 0 unspecified atom stereocenters. The average molecular weight is 437 g/mol. The molecule has 154 valence electrons. The van der Waals surface area contributed by atoms with Gasteiger partial charge in [0.1, 0.15) is 5.69 Å². The number of aryl methyl sites for hydroxylation is 1. The first-order valence-electron chi connectivity index (χ1n) is 10.0. The van der Waals surface area contributed by atoms with Crippen LogP contribution in [0.1, 0.15) is 5.01 Å². The van der Waals surface area contributed by atoms with Crippen LogP contribution >= 0.6 is 11.3 Å². The van der Waals surface area contributed by atoms with E-state index in [1.165, 1.54) is 0 Å². The highest BCUT2D eigenvalue weighted by molar-refractivity contribution is 7.15. The molecule has 0 saturated carbocycles. The summed E-state index contributed by atoms with van der Waals surface area (Å²) >= 11 is 1.54. The Balaban J connectivity index is 1.66. The molecule has 6 aromatic rings. The number of pyridine rings is 2. The van der Waals surface area contributed by atoms with Crippen LogP contribution in [0, 0.1) is 6.92 Å². The largest absolute Gasteiger partial charge is 0.361 e. The zero-order chi connectivity index (χ0) is 21.7. The number of hydrogen-bond acceptors (Lipinski definition) is 6. The molecule has 0 aliphatic carbocycles. The van der Waals surface area contributed by atoms with Crippen LogP contribution in [0.2, 0.25) is 0 Å². The molecule has 6 rings (SSSR count). The molecule has 1 aromatic carbocycles. The Morgan fingerprint density at radius 1 is 0.969 bits per heavy atom. The Kier molecular flexibility index (Phi) is 4.19. The number of nitrogens with zero attached hydrogens (tertiary/aromatic N) is 4. The number of fused-ring (bicyclic) bond motifs is 2. The second-order valence-electron chi connectivity index (χ2n) is 7.39. The fourth-order valence-electron chi connectivity index (χ4n) is 3.79. The minimum absolute atomic E-state index is 0.176. The van der Waals surface area contributed by atoms with Crippen molar-refractivity contribution in [2.24, 2.45) is 0 Å². The average Bonchev–Trinajstić information content (AvgIpc) is 3.50. The molecule has 5 aromatic heterocycles. The Labute approximate surface area is 185 Å². The summed E-state index contributed by atoms with van der Waals surface area (Å²) in [7, 11) is 0. The van der Waals surface area contributed by atoms with Gasteiger partial charge in [-0.3, -0.25) is 9.78 Å². The molecular formula is C24H16N6OS. The van der Waals surface area contributed by atoms with Gasteiger partial charge in [0.25, 0.3) is 0 Å². The van der Waals surface area contributed by atoms with Gasteiger partial charge in [0.2, 0.25) is 5.43 Å². The maximum Gasteiger partial charge on any atom is 0.218 e. The standard InChI is InChI=1S/C24H16N6OS/c1-13-27-12-19(32-13)21-20(15-6-7-17-14(10-15)4-2-8-25-17)29-22-23(31)16(11-28-24(22)30-21)18-5-3-9-26-18/h2-12,26H,1H3,(H,28,30,31). The van der Waals surface area contributed by atoms with Gasteiger partial charge in [0.15, 0.2) is 11.2 Å². The molecule has 0 bridgehead atoms. The summed E-state index contributed by atoms with van der Waals surface area (Å²) in [6.45, 7) is 1.95. The molecule has 0 saturated heterocycles. The van der Waals surface area contributed by atoms with E-state index < -0.39 is 0 Å². The predicted molar refractivity (Wildman–Crippen MR) is 127 cm³/mol. The van der Waals surface area contributed by atoms with Crippen molar-refractivity contribution in [1.29, 1.82) is 0 Å². The van der Waals surface area contributed by atoms with E-state index in [-0.39, 0.29) is 5.43 Å². The Bertz CT molecular complexity index is 1670. The van der Waals surface area contributed by atoms with E-state index in [2.05, 4.69) is 19.9 Å². The summed E-state index contributed by atoms with van der Waals surface area (Å²) in [4.78, 5) is 38.9. The second kappa shape index (κ2) is 7.21. The van der Waals surface area contributed by atoms with Gasteiger partial charge in [0.05, 0.1) is 32.4 Å². The summed E-state index contributed by atoms with van der Waals surface area (Å²) in [6.07, 6.45) is 7.03. The SMILES string of the molecule is Cc1ncc(-c2nc3[nH]cc(-c4ccc[nH]4)c(=O)c3nc2-c2ccc3ncccc3c2)s1. The summed E-state index contributed by atoms with van der Waals surface area (Å²) in [6, 6.07) is 13.6. The minimum Gasteiger partial charge on any atom is -0.361 e. The normalized spacial score (nSPS) is 11.4. The predicted octanol–water partition coefficient (Wildman–Crippen LogP) is 4.96. The van der Waals surface area contributed by atoms with E-state index in [9.17, 15) is 4.79 Å². The van der Waals surface area contributed by atoms with E-state index in [4.69, 9.17) is 9.97 Å². The molecule has 0 spiro atoms. The Morgan fingerprint density at radius 2 is 1.91 bits per heavy atom. The highest BCUT2D eigenvalue weighted by atomic mass is 32.1. The van der Waals surface area contributed by atoms with Crippen molar-refractivity contribution in [3.8, 4) is 33.1 Å². The van der Waals surface area contributed by atoms with Crippen molar-refractivity contribution in [3.63, 3.8) is 0 Å². The molecule has 0 radical (unpaired) electrons. The fourth-order valence-corrected chi connectivity index (χ4v) is 4.56. The lowest BCUT2D eigenvalue weighted by Gasteiger charge is -2.10. The first-order chi connectivity index (χ1) is 15.7. The van der Waals surface area contributed by atoms with E-state index in [0.717, 1.165) is 32.0 Å². The smallest absolute Gasteiger partial charge is 0.218 e. The molecule has 0 fully saturated rings. The Hall–Kier alpha value is -4.17. The van der Waals surface area contributed by atoms with Crippen LogP contribution in [-0.4, -0.2) is 29.9 Å². The molecule has 32 heavy (non-hydrogen) atoms. The lowest BCUT2D eigenvalue weighted by Crippen LogP contribution is -2.10. The topological polar surface area (TPSA) is 100 Å². The molecule has 0 amide bonds. The monoisotopic (exact) mass is 436 g/mol. The molecular weight excluding hydrogens is 420 g/mol. The van der Waals surface area contributed by atoms with Crippen LogP contribution in [0.3, 0.4) is 0 Å². The first-order valence-corrected chi connectivity index (χ1v) is 10.8. The van der Waals surface area contributed by atoms with Crippen molar-refractivity contribution in [1.82, 2.24) is 29.9 Å². The van der Waals surface area contributed by atoms with Crippen molar-refractivity contribution < 1.29 is 0 Å². The van der Waals surface area contributed by atoms with Crippen LogP contribution in [0.4, 0.5) is 0 Å². The zero-order valence-corrected chi connectivity index (χ0v) is 17.8. The van der Waals surface area contributed by atoms with Crippen LogP contribution in [-0.2, 0) is 0 Å². The summed E-state index contributed by atoms with van der Waals surface area (Å²) in [5.41, 5.74) is 4.90. The third-order valence-electron chi connectivity index (χ3n) is 5.33. The van der Waals surface area contributed by atoms with E-state index in [0.29, 0.717) is 28.1 Å². The highest BCUT2D eigenvalue weighted by Gasteiger charge is 2.19. The van der Waals surface area contributed by atoms with Gasteiger partial charge in [-0.25, -0.2) is 15.0 Å². The molecule has 0 atom stereocenters. The lowest BCUT2D eigenvalue weighted by atomic mass is 10.1. The number of benzene rings is 1. The number of hydrogen-bond donors (Lipinski definition) is 2. The number of H-pyrrole nitrogens is 2. The van der Waals surface area contributed by atoms with Crippen molar-refractivity contribution >= 4 is 33.4 Å². The number of thiazole rings is 1. The van der Waals surface area contributed by atoms with Crippen LogP contribution in [0.25, 0.3) is 55.2 Å². The van der Waals surface area contributed by atoms with Crippen LogP contribution < -0.4 is 5.43 Å². The van der Waals surface area contributed by atoms with Crippen molar-refractivity contribution in [3.05, 3.63) is 82.5 Å². The van der Waals surface area contributed by atoms with E-state index in [1.807, 2.05) is 49.4 Å². The first kappa shape index (κ1) is 18.6. The molecule has 7 nitrogen and oxygen atoms in total. The molecule has 2 N–H and O–H groups in total. The third-order valence-corrected chi connectivity index (χ3v) is 6.25. The summed E-state index contributed by atoms with van der Waals surface area (Å²) < 4.78 is 0. The fraction of sp³-hybridized carbons (Fsp3) is 0.0417. The van der Waals surface area contributed by atoms with Gasteiger partial charge in [-0.05, 0) is 37.3 Å². The van der Waals surface area contributed by atoms with Crippen molar-refractivity contribution in [2.45, 2.75) is 6.92 Å². The molecule has 0 aliphatic rings. The summed E-state index contributed by atoms with van der Waals surface area (Å²) in [5.74, 6) is 0. The van der Waals surface area contributed by atoms with Gasteiger partial charge >= 0.3 is 0 Å². The zero-order valence-electron chi connectivity index (χ0n) is 17.0. The molecule has 8 heteroatoms. The molecule has 5 heterocycles. The highest BCUT2D eigenvalue weighted by Crippen LogP contribution is 2.34. The van der Waals surface area contributed by atoms with Gasteiger partial charge in [-0.15, -0.1) is 11.3 Å². The Morgan fingerprint density at radius 3 is 2.72 bits per heavy atom. The van der Waals surface area contributed by atoms with Gasteiger partial charge in [-0.1, -0.05) is 12.1 Å². The van der Waals surface area contributed by atoms with Gasteiger partial charge in [-0.2, -0.15) is 0 Å². The number of aromatic amines is 2. The number of aromatic nitrogens is 6. The van der Waals surface area contributed by atoms with Crippen LogP contribution in [0.5, 0.6) is 0 Å². The number of rotatable bonds is 3. The maximum absolute atomic E-state index is 13.3. The number of nitrogens with one attached hydrogen (secondary N) is 2. The maximum atomic E-state index is 13.3.